The second-order valence-corrected chi connectivity index (χ2v) is 6.12. The quantitative estimate of drug-likeness (QED) is 0.660. The predicted octanol–water partition coefficient (Wildman–Crippen LogP) is 1.93. The first kappa shape index (κ1) is 14.0. The SMILES string of the molecule is Cc1ccnc(Sc2nnnn2C2CCCC2)c1C(=N)N. The molecule has 3 rings (SSSR count). The Kier molecular flexibility index (Phi) is 3.87. The van der Waals surface area contributed by atoms with Crippen LogP contribution in [0.5, 0.6) is 0 Å². The Morgan fingerprint density at radius 2 is 2.19 bits per heavy atom. The van der Waals surface area contributed by atoms with E-state index in [2.05, 4.69) is 20.5 Å². The molecule has 0 amide bonds. The molecule has 7 nitrogen and oxygen atoms in total. The van der Waals surface area contributed by atoms with Crippen LogP contribution in [0.25, 0.3) is 0 Å². The van der Waals surface area contributed by atoms with E-state index in [9.17, 15) is 0 Å². The number of hydrogen-bond donors (Lipinski definition) is 2. The highest BCUT2D eigenvalue weighted by molar-refractivity contribution is 7.99. The van der Waals surface area contributed by atoms with Crippen molar-refractivity contribution in [3.63, 3.8) is 0 Å². The first-order valence-electron chi connectivity index (χ1n) is 6.92. The van der Waals surface area contributed by atoms with Crippen LogP contribution in [0, 0.1) is 12.3 Å². The van der Waals surface area contributed by atoms with Gasteiger partial charge in [0, 0.05) is 6.20 Å². The number of rotatable bonds is 4. The molecule has 0 bridgehead atoms. The third kappa shape index (κ3) is 2.76. The lowest BCUT2D eigenvalue weighted by atomic mass is 10.1. The molecule has 1 saturated carbocycles. The Bertz CT molecular complexity index is 660. The Balaban J connectivity index is 1.93. The number of pyridine rings is 1. The molecule has 0 saturated heterocycles. The molecule has 0 spiro atoms. The molecule has 110 valence electrons. The van der Waals surface area contributed by atoms with Crippen LogP contribution in [0.3, 0.4) is 0 Å². The van der Waals surface area contributed by atoms with Crippen LogP contribution in [-0.2, 0) is 0 Å². The molecule has 0 aliphatic heterocycles. The van der Waals surface area contributed by atoms with Gasteiger partial charge < -0.3 is 5.73 Å². The second kappa shape index (κ2) is 5.80. The van der Waals surface area contributed by atoms with E-state index < -0.39 is 0 Å². The molecule has 1 fully saturated rings. The number of nitrogens with zero attached hydrogens (tertiary/aromatic N) is 5. The fourth-order valence-electron chi connectivity index (χ4n) is 2.66. The van der Waals surface area contributed by atoms with Gasteiger partial charge >= 0.3 is 0 Å². The molecule has 1 aliphatic carbocycles. The predicted molar refractivity (Wildman–Crippen MR) is 79.4 cm³/mol. The fraction of sp³-hybridized carbons (Fsp3) is 0.462. The minimum atomic E-state index is 0.0167. The third-order valence-corrected chi connectivity index (χ3v) is 4.67. The maximum Gasteiger partial charge on any atom is 0.215 e. The lowest BCUT2D eigenvalue weighted by Gasteiger charge is -2.12. The molecule has 3 N–H and O–H groups in total. The molecular weight excluding hydrogens is 286 g/mol. The first-order chi connectivity index (χ1) is 10.2. The Morgan fingerprint density at radius 3 is 2.90 bits per heavy atom. The summed E-state index contributed by atoms with van der Waals surface area (Å²) in [7, 11) is 0. The maximum absolute atomic E-state index is 7.73. The maximum atomic E-state index is 7.73. The van der Waals surface area contributed by atoms with Gasteiger partial charge in [0.05, 0.1) is 11.6 Å². The van der Waals surface area contributed by atoms with Crippen LogP contribution in [0.4, 0.5) is 0 Å². The number of aryl methyl sites for hydroxylation is 1. The van der Waals surface area contributed by atoms with E-state index >= 15 is 0 Å². The van der Waals surface area contributed by atoms with Crippen molar-refractivity contribution in [3.8, 4) is 0 Å². The third-order valence-electron chi connectivity index (χ3n) is 3.72. The molecule has 0 radical (unpaired) electrons. The summed E-state index contributed by atoms with van der Waals surface area (Å²) in [6.07, 6.45) is 6.37. The second-order valence-electron chi connectivity index (χ2n) is 5.17. The van der Waals surface area contributed by atoms with Gasteiger partial charge in [-0.3, -0.25) is 5.41 Å². The van der Waals surface area contributed by atoms with Crippen molar-refractivity contribution in [1.82, 2.24) is 25.2 Å². The zero-order chi connectivity index (χ0) is 14.8. The van der Waals surface area contributed by atoms with Crippen molar-refractivity contribution < 1.29 is 0 Å². The van der Waals surface area contributed by atoms with Gasteiger partial charge in [-0.1, -0.05) is 12.8 Å². The average Bonchev–Trinajstić information content (AvgIpc) is 3.08. The normalized spacial score (nSPS) is 15.5. The highest BCUT2D eigenvalue weighted by Crippen LogP contribution is 2.34. The number of tetrazole rings is 1. The number of hydrogen-bond acceptors (Lipinski definition) is 6. The number of nitrogens with one attached hydrogen (secondary N) is 1. The molecule has 2 heterocycles. The Hall–Kier alpha value is -1.96. The van der Waals surface area contributed by atoms with Crippen LogP contribution < -0.4 is 5.73 Å². The lowest BCUT2D eigenvalue weighted by molar-refractivity contribution is 0.423. The van der Waals surface area contributed by atoms with Gasteiger partial charge in [0.15, 0.2) is 0 Å². The van der Waals surface area contributed by atoms with Gasteiger partial charge in [-0.25, -0.2) is 9.67 Å². The van der Waals surface area contributed by atoms with Crippen LogP contribution in [0.15, 0.2) is 22.4 Å². The van der Waals surface area contributed by atoms with Crippen LogP contribution >= 0.6 is 11.8 Å². The fourth-order valence-corrected chi connectivity index (χ4v) is 3.67. The van der Waals surface area contributed by atoms with E-state index in [1.165, 1.54) is 24.6 Å². The molecule has 8 heteroatoms. The topological polar surface area (TPSA) is 106 Å². The smallest absolute Gasteiger partial charge is 0.215 e. The highest BCUT2D eigenvalue weighted by Gasteiger charge is 2.23. The van der Waals surface area contributed by atoms with Crippen LogP contribution in [-0.4, -0.2) is 31.0 Å². The van der Waals surface area contributed by atoms with Crippen molar-refractivity contribution in [2.75, 3.05) is 0 Å². The zero-order valence-corrected chi connectivity index (χ0v) is 12.6. The van der Waals surface area contributed by atoms with E-state index in [0.29, 0.717) is 21.8 Å². The Morgan fingerprint density at radius 1 is 1.43 bits per heavy atom. The number of nitrogens with two attached hydrogens (primary N) is 1. The van der Waals surface area contributed by atoms with E-state index in [1.807, 2.05) is 17.7 Å². The van der Waals surface area contributed by atoms with Gasteiger partial charge in [-0.05, 0) is 53.6 Å². The minimum Gasteiger partial charge on any atom is -0.384 e. The minimum absolute atomic E-state index is 0.0167. The van der Waals surface area contributed by atoms with Gasteiger partial charge in [0.25, 0.3) is 0 Å². The molecule has 2 aromatic heterocycles. The van der Waals surface area contributed by atoms with Gasteiger partial charge in [-0.15, -0.1) is 5.10 Å². The molecule has 2 aromatic rings. The van der Waals surface area contributed by atoms with E-state index in [-0.39, 0.29) is 5.84 Å². The lowest BCUT2D eigenvalue weighted by Crippen LogP contribution is -2.15. The summed E-state index contributed by atoms with van der Waals surface area (Å²) in [5.74, 6) is 0.0167. The van der Waals surface area contributed by atoms with E-state index in [0.717, 1.165) is 18.4 Å². The first-order valence-corrected chi connectivity index (χ1v) is 7.74. The number of aromatic nitrogens is 5. The zero-order valence-electron chi connectivity index (χ0n) is 11.8. The summed E-state index contributed by atoms with van der Waals surface area (Å²) < 4.78 is 1.88. The monoisotopic (exact) mass is 303 g/mol. The average molecular weight is 303 g/mol. The number of nitrogen functional groups attached to an aromatic ring is 1. The standard InChI is InChI=1S/C13H17N7S/c1-8-6-7-16-12(10(8)11(14)15)21-13-17-18-19-20(13)9-4-2-3-5-9/h6-7,9H,2-5H2,1H3,(H3,14,15). The molecule has 0 atom stereocenters. The molecule has 0 aromatic carbocycles. The van der Waals surface area contributed by atoms with Crippen molar-refractivity contribution in [2.24, 2.45) is 5.73 Å². The van der Waals surface area contributed by atoms with Gasteiger partial charge in [-0.2, -0.15) is 0 Å². The van der Waals surface area contributed by atoms with Gasteiger partial charge in [0.1, 0.15) is 10.9 Å². The summed E-state index contributed by atoms with van der Waals surface area (Å²) >= 11 is 1.37. The highest BCUT2D eigenvalue weighted by atomic mass is 32.2. The molecule has 1 aliphatic rings. The summed E-state index contributed by atoms with van der Waals surface area (Å²) in [6, 6.07) is 2.22. The van der Waals surface area contributed by atoms with Crippen molar-refractivity contribution >= 4 is 17.6 Å². The van der Waals surface area contributed by atoms with Crippen molar-refractivity contribution in [3.05, 3.63) is 23.4 Å². The van der Waals surface area contributed by atoms with E-state index in [1.54, 1.807) is 6.20 Å². The molecular formula is C13H17N7S. The largest absolute Gasteiger partial charge is 0.384 e. The summed E-state index contributed by atoms with van der Waals surface area (Å²) in [6.45, 7) is 1.92. The van der Waals surface area contributed by atoms with Gasteiger partial charge in [0.2, 0.25) is 5.16 Å². The van der Waals surface area contributed by atoms with Crippen LogP contribution in [0.2, 0.25) is 0 Å². The summed E-state index contributed by atoms with van der Waals surface area (Å²) in [4.78, 5) is 4.34. The number of amidine groups is 1. The van der Waals surface area contributed by atoms with Crippen molar-refractivity contribution in [1.29, 1.82) is 5.41 Å². The van der Waals surface area contributed by atoms with Crippen LogP contribution in [0.1, 0.15) is 42.9 Å². The summed E-state index contributed by atoms with van der Waals surface area (Å²) in [5.41, 5.74) is 7.26. The molecule has 21 heavy (non-hydrogen) atoms. The molecule has 0 unspecified atom stereocenters. The van der Waals surface area contributed by atoms with E-state index in [4.69, 9.17) is 11.1 Å². The van der Waals surface area contributed by atoms with Crippen molar-refractivity contribution in [2.45, 2.75) is 48.8 Å². The summed E-state index contributed by atoms with van der Waals surface area (Å²) in [5, 5.41) is 21.1. The Labute approximate surface area is 126 Å².